The van der Waals surface area contributed by atoms with Gasteiger partial charge < -0.3 is 9.64 Å². The van der Waals surface area contributed by atoms with Gasteiger partial charge in [0.15, 0.2) is 0 Å². The van der Waals surface area contributed by atoms with Crippen LogP contribution in [-0.4, -0.2) is 39.9 Å². The highest BCUT2D eigenvalue weighted by Crippen LogP contribution is 2.26. The van der Waals surface area contributed by atoms with Crippen LogP contribution in [0, 0.1) is 5.92 Å². The van der Waals surface area contributed by atoms with E-state index in [1.807, 2.05) is 27.7 Å². The molecule has 1 amide bonds. The van der Waals surface area contributed by atoms with Crippen molar-refractivity contribution in [1.82, 2.24) is 9.88 Å². The molecule has 5 heteroatoms. The van der Waals surface area contributed by atoms with Crippen molar-refractivity contribution in [3.63, 3.8) is 0 Å². The molecule has 1 fully saturated rings. The smallest absolute Gasteiger partial charge is 0.329 e. The minimum atomic E-state index is -0.553. The van der Waals surface area contributed by atoms with E-state index in [-0.39, 0.29) is 17.8 Å². The Morgan fingerprint density at radius 3 is 2.62 bits per heavy atom. The van der Waals surface area contributed by atoms with Crippen molar-refractivity contribution in [2.75, 3.05) is 6.54 Å². The number of carbonyl (C=O) groups is 2. The molecule has 0 unspecified atom stereocenters. The second kappa shape index (κ2) is 5.84. The van der Waals surface area contributed by atoms with Gasteiger partial charge in [0.1, 0.15) is 17.3 Å². The first-order chi connectivity index (χ1) is 9.78. The Balaban J connectivity index is 2.17. The highest BCUT2D eigenvalue weighted by Gasteiger charge is 2.40. The summed E-state index contributed by atoms with van der Waals surface area (Å²) in [5.74, 6) is -0.276. The second-order valence-corrected chi connectivity index (χ2v) is 6.56. The summed E-state index contributed by atoms with van der Waals surface area (Å²) in [7, 11) is 0. The zero-order valence-electron chi connectivity index (χ0n) is 13.0. The number of nitrogens with zero attached hydrogens (tertiary/aromatic N) is 2. The van der Waals surface area contributed by atoms with E-state index < -0.39 is 11.6 Å². The minimum Gasteiger partial charge on any atom is -0.458 e. The summed E-state index contributed by atoms with van der Waals surface area (Å²) in [6.45, 7) is 8.07. The predicted octanol–water partition coefficient (Wildman–Crippen LogP) is 2.27. The van der Waals surface area contributed by atoms with E-state index in [0.717, 1.165) is 0 Å². The number of rotatable bonds is 2. The average Bonchev–Trinajstić information content (AvgIpc) is 2.79. The third-order valence-corrected chi connectivity index (χ3v) is 3.33. The van der Waals surface area contributed by atoms with E-state index >= 15 is 0 Å². The number of aromatic nitrogens is 1. The van der Waals surface area contributed by atoms with Gasteiger partial charge in [0.25, 0.3) is 5.91 Å². The van der Waals surface area contributed by atoms with E-state index in [9.17, 15) is 9.59 Å². The zero-order chi connectivity index (χ0) is 15.6. The summed E-state index contributed by atoms with van der Waals surface area (Å²) >= 11 is 0. The lowest BCUT2D eigenvalue weighted by atomic mass is 10.1. The van der Waals surface area contributed by atoms with E-state index in [2.05, 4.69) is 4.98 Å². The largest absolute Gasteiger partial charge is 0.458 e. The first kappa shape index (κ1) is 15.5. The number of hydrogen-bond donors (Lipinski definition) is 0. The molecule has 114 valence electrons. The fourth-order valence-corrected chi connectivity index (χ4v) is 2.50. The van der Waals surface area contributed by atoms with Gasteiger partial charge >= 0.3 is 5.97 Å². The maximum atomic E-state index is 12.5. The fraction of sp³-hybridized carbons (Fsp3) is 0.562. The van der Waals surface area contributed by atoms with Crippen LogP contribution in [0.5, 0.6) is 0 Å². The van der Waals surface area contributed by atoms with Crippen molar-refractivity contribution in [3.8, 4) is 0 Å². The number of esters is 1. The Bertz CT molecular complexity index is 522. The predicted molar refractivity (Wildman–Crippen MR) is 78.7 cm³/mol. The van der Waals surface area contributed by atoms with Crippen LogP contribution in [-0.2, 0) is 9.53 Å². The molecule has 1 aliphatic heterocycles. The van der Waals surface area contributed by atoms with Crippen molar-refractivity contribution < 1.29 is 14.3 Å². The van der Waals surface area contributed by atoms with Gasteiger partial charge in [-0.15, -0.1) is 0 Å². The lowest BCUT2D eigenvalue weighted by Crippen LogP contribution is -2.43. The number of amides is 1. The maximum Gasteiger partial charge on any atom is 0.329 e. The topological polar surface area (TPSA) is 59.5 Å². The van der Waals surface area contributed by atoms with Gasteiger partial charge in [0.05, 0.1) is 0 Å². The molecule has 0 aliphatic carbocycles. The number of likely N-dealkylation sites (tertiary alicyclic amines) is 1. The van der Waals surface area contributed by atoms with E-state index in [1.165, 1.54) is 0 Å². The van der Waals surface area contributed by atoms with Gasteiger partial charge in [0, 0.05) is 12.7 Å². The van der Waals surface area contributed by atoms with E-state index in [4.69, 9.17) is 4.74 Å². The number of carbonyl (C=O) groups excluding carboxylic acids is 2. The van der Waals surface area contributed by atoms with Crippen molar-refractivity contribution in [2.45, 2.75) is 45.8 Å². The first-order valence-electron chi connectivity index (χ1n) is 7.23. The lowest BCUT2D eigenvalue weighted by Gasteiger charge is -2.27. The number of hydrogen-bond acceptors (Lipinski definition) is 4. The van der Waals surface area contributed by atoms with Crippen LogP contribution in [0.3, 0.4) is 0 Å². The first-order valence-corrected chi connectivity index (χ1v) is 7.23. The monoisotopic (exact) mass is 290 g/mol. The van der Waals surface area contributed by atoms with Crippen LogP contribution < -0.4 is 0 Å². The van der Waals surface area contributed by atoms with E-state index in [0.29, 0.717) is 18.7 Å². The second-order valence-electron chi connectivity index (χ2n) is 6.56. The van der Waals surface area contributed by atoms with Crippen molar-refractivity contribution in [1.29, 1.82) is 0 Å². The molecule has 1 saturated heterocycles. The molecule has 5 nitrogen and oxygen atoms in total. The highest BCUT2D eigenvalue weighted by atomic mass is 16.6. The van der Waals surface area contributed by atoms with Crippen LogP contribution in [0.1, 0.15) is 44.6 Å². The highest BCUT2D eigenvalue weighted by molar-refractivity contribution is 5.95. The van der Waals surface area contributed by atoms with Crippen LogP contribution >= 0.6 is 0 Å². The van der Waals surface area contributed by atoms with Gasteiger partial charge in [-0.1, -0.05) is 13.0 Å². The molecule has 2 atom stereocenters. The van der Waals surface area contributed by atoms with Crippen LogP contribution in [0.2, 0.25) is 0 Å². The molecule has 0 N–H and O–H groups in total. The Morgan fingerprint density at radius 2 is 2.05 bits per heavy atom. The Kier molecular flexibility index (Phi) is 4.30. The van der Waals surface area contributed by atoms with Gasteiger partial charge in [-0.25, -0.2) is 4.79 Å². The van der Waals surface area contributed by atoms with Crippen molar-refractivity contribution >= 4 is 11.9 Å². The van der Waals surface area contributed by atoms with Crippen LogP contribution in [0.4, 0.5) is 0 Å². The zero-order valence-corrected chi connectivity index (χ0v) is 13.0. The molecule has 2 rings (SSSR count). The van der Waals surface area contributed by atoms with Gasteiger partial charge in [-0.05, 0) is 45.2 Å². The van der Waals surface area contributed by atoms with Crippen LogP contribution in [0.15, 0.2) is 24.4 Å². The summed E-state index contributed by atoms with van der Waals surface area (Å²) in [5.41, 5.74) is -0.192. The minimum absolute atomic E-state index is 0.212. The molecule has 1 aromatic heterocycles. The van der Waals surface area contributed by atoms with Gasteiger partial charge in [0.2, 0.25) is 0 Å². The molecule has 21 heavy (non-hydrogen) atoms. The maximum absolute atomic E-state index is 12.5. The summed E-state index contributed by atoms with van der Waals surface area (Å²) in [4.78, 5) is 30.5. The van der Waals surface area contributed by atoms with Gasteiger partial charge in [-0.3, -0.25) is 9.78 Å². The molecule has 1 aliphatic rings. The Morgan fingerprint density at radius 1 is 1.33 bits per heavy atom. The summed E-state index contributed by atoms with van der Waals surface area (Å²) in [6.07, 6.45) is 2.21. The molecule has 2 heterocycles. The molecule has 1 aromatic rings. The molecule has 0 aromatic carbocycles. The molecule has 0 saturated carbocycles. The third kappa shape index (κ3) is 3.80. The number of pyridine rings is 1. The quantitative estimate of drug-likeness (QED) is 0.784. The number of ether oxygens (including phenoxy) is 1. The standard InChI is InChI=1S/C16H22N2O3/c1-11-9-13(15(20)21-16(2,3)4)18(10-11)14(19)12-7-5-6-8-17-12/h5-8,11,13H,9-10H2,1-4H3/t11-,13-/m0/s1. The Labute approximate surface area is 125 Å². The molecule has 0 bridgehead atoms. The molecular formula is C16H22N2O3. The summed E-state index contributed by atoms with van der Waals surface area (Å²) in [5, 5.41) is 0. The molecule has 0 radical (unpaired) electrons. The Hall–Kier alpha value is -1.91. The fourth-order valence-electron chi connectivity index (χ4n) is 2.50. The summed E-state index contributed by atoms with van der Waals surface area (Å²) in [6, 6.07) is 4.67. The normalized spacial score (nSPS) is 22.2. The van der Waals surface area contributed by atoms with Gasteiger partial charge in [-0.2, -0.15) is 0 Å². The van der Waals surface area contributed by atoms with Crippen molar-refractivity contribution in [3.05, 3.63) is 30.1 Å². The average molecular weight is 290 g/mol. The lowest BCUT2D eigenvalue weighted by molar-refractivity contribution is -0.159. The summed E-state index contributed by atoms with van der Waals surface area (Å²) < 4.78 is 5.43. The SMILES string of the molecule is C[C@H]1C[C@@H](C(=O)OC(C)(C)C)N(C(=O)c2ccccn2)C1. The van der Waals surface area contributed by atoms with Crippen molar-refractivity contribution in [2.24, 2.45) is 5.92 Å². The third-order valence-electron chi connectivity index (χ3n) is 3.33. The van der Waals surface area contributed by atoms with E-state index in [1.54, 1.807) is 29.3 Å². The molecular weight excluding hydrogens is 268 g/mol. The molecule has 0 spiro atoms. The van der Waals surface area contributed by atoms with Crippen LogP contribution in [0.25, 0.3) is 0 Å².